The van der Waals surface area contributed by atoms with Gasteiger partial charge in [0.25, 0.3) is 0 Å². The molecule has 82 valence electrons. The van der Waals surface area contributed by atoms with Crippen LogP contribution in [0.25, 0.3) is 0 Å². The Balaban J connectivity index is 4.59. The molecule has 0 heterocycles. The van der Waals surface area contributed by atoms with E-state index in [1.165, 1.54) is 0 Å². The largest absolute Gasteiger partial charge is 0.385 e. The van der Waals surface area contributed by atoms with Crippen molar-refractivity contribution in [3.8, 4) is 0 Å². The van der Waals surface area contributed by atoms with E-state index in [2.05, 4.69) is 0 Å². The van der Waals surface area contributed by atoms with Crippen LogP contribution in [0, 0.1) is 0 Å². The normalized spacial score (nSPS) is 27.1. The third kappa shape index (κ3) is 4.19. The predicted molar refractivity (Wildman–Crippen MR) is 66.4 cm³/mol. The zero-order chi connectivity index (χ0) is 13.4. The number of aliphatic hydroxyl groups is 4. The van der Waals surface area contributed by atoms with Gasteiger partial charge < -0.3 is 31.9 Å². The molecule has 6 nitrogen and oxygen atoms in total. The minimum absolute atomic E-state index is 0.174. The van der Waals surface area contributed by atoms with Gasteiger partial charge in [-0.3, -0.25) is 0 Å². The number of hydrogen-bond acceptors (Lipinski definition) is 8. The van der Waals surface area contributed by atoms with Crippen LogP contribution in [0.2, 0.25) is 0 Å². The first kappa shape index (κ1) is 16.7. The molecule has 0 saturated carbocycles. The molecule has 0 aromatic carbocycles. The highest BCUT2D eigenvalue weighted by atomic mass is 33.1. The van der Waals surface area contributed by atoms with E-state index >= 15 is 0 Å². The van der Waals surface area contributed by atoms with Gasteiger partial charge in [-0.15, -0.1) is 0 Å². The summed E-state index contributed by atoms with van der Waals surface area (Å²) < 4.78 is 0. The third-order valence-corrected chi connectivity index (χ3v) is 4.46. The molecular formula is C4H8B4N2O4S2. The third-order valence-electron chi connectivity index (χ3n) is 1.44. The van der Waals surface area contributed by atoms with E-state index in [0.717, 1.165) is 0 Å². The standard InChI is InChI=1S/C4H8B4N2O4S2/c5-1(9,11)3(7,13)15-16-4(8,14)2(6,10)12/h11-14H,9-10H2. The van der Waals surface area contributed by atoms with Gasteiger partial charge in [-0.05, 0) is 0 Å². The second-order valence-corrected chi connectivity index (χ2v) is 5.79. The van der Waals surface area contributed by atoms with Gasteiger partial charge in [0.1, 0.15) is 41.0 Å². The van der Waals surface area contributed by atoms with Crippen molar-refractivity contribution < 1.29 is 20.4 Å². The molecule has 0 amide bonds. The maximum Gasteiger partial charge on any atom is 0.139 e. The quantitative estimate of drug-likeness (QED) is 0.165. The molecule has 8 radical (unpaired) electrons. The zero-order valence-electron chi connectivity index (χ0n) is 8.07. The number of nitrogens with two attached hydrogens (primary N) is 2. The van der Waals surface area contributed by atoms with Crippen molar-refractivity contribution in [1.82, 2.24) is 0 Å². The summed E-state index contributed by atoms with van der Waals surface area (Å²) in [6.07, 6.45) is 0. The summed E-state index contributed by atoms with van der Waals surface area (Å²) in [5, 5.41) is 36.8. The van der Waals surface area contributed by atoms with Gasteiger partial charge in [-0.1, -0.05) is 21.6 Å². The lowest BCUT2D eigenvalue weighted by Gasteiger charge is -2.40. The maximum atomic E-state index is 9.37. The molecule has 4 unspecified atom stereocenters. The van der Waals surface area contributed by atoms with Crippen molar-refractivity contribution in [2.45, 2.75) is 20.9 Å². The highest BCUT2D eigenvalue weighted by molar-refractivity contribution is 8.78. The molecule has 0 aliphatic carbocycles. The molecule has 8 N–H and O–H groups in total. The average Bonchev–Trinajstić information content (AvgIpc) is 1.97. The average molecular weight is 256 g/mol. The summed E-state index contributed by atoms with van der Waals surface area (Å²) in [6.45, 7) is 0. The highest BCUT2D eigenvalue weighted by Crippen LogP contribution is 2.43. The Morgan fingerprint density at radius 2 is 0.875 bits per heavy atom. The van der Waals surface area contributed by atoms with Crippen molar-refractivity contribution in [3.63, 3.8) is 0 Å². The van der Waals surface area contributed by atoms with Crippen LogP contribution in [-0.2, 0) is 0 Å². The Hall–Kier alpha value is 0.720. The summed E-state index contributed by atoms with van der Waals surface area (Å²) in [5.74, 6) is 0. The second kappa shape index (κ2) is 4.77. The summed E-state index contributed by atoms with van der Waals surface area (Å²) in [4.78, 5) is -5.12. The minimum atomic E-state index is -2.66. The van der Waals surface area contributed by atoms with Gasteiger partial charge in [0.05, 0.1) is 11.2 Å². The predicted octanol–water partition coefficient (Wildman–Crippen LogP) is -4.46. The van der Waals surface area contributed by atoms with E-state index in [-0.39, 0.29) is 21.6 Å². The summed E-state index contributed by atoms with van der Waals surface area (Å²) in [5.41, 5.74) is 4.53. The molecule has 0 spiro atoms. The van der Waals surface area contributed by atoms with Crippen LogP contribution in [0.5, 0.6) is 0 Å². The molecule has 0 aromatic rings. The topological polar surface area (TPSA) is 133 Å². The Morgan fingerprint density at radius 3 is 1.00 bits per heavy atom. The van der Waals surface area contributed by atoms with Crippen LogP contribution >= 0.6 is 21.6 Å². The van der Waals surface area contributed by atoms with Crippen LogP contribution in [0.4, 0.5) is 0 Å². The Morgan fingerprint density at radius 1 is 0.688 bits per heavy atom. The zero-order valence-corrected chi connectivity index (χ0v) is 9.70. The van der Waals surface area contributed by atoms with Gasteiger partial charge in [0.15, 0.2) is 0 Å². The van der Waals surface area contributed by atoms with Gasteiger partial charge in [-0.2, -0.15) is 0 Å². The van der Waals surface area contributed by atoms with E-state index in [1.807, 2.05) is 0 Å². The van der Waals surface area contributed by atoms with E-state index in [0.29, 0.717) is 0 Å². The lowest BCUT2D eigenvalue weighted by molar-refractivity contribution is 0.0142. The lowest BCUT2D eigenvalue weighted by atomic mass is 9.76. The minimum Gasteiger partial charge on any atom is -0.385 e. The van der Waals surface area contributed by atoms with Crippen LogP contribution in [0.1, 0.15) is 0 Å². The lowest BCUT2D eigenvalue weighted by Crippen LogP contribution is -2.62. The molecule has 0 aliphatic heterocycles. The van der Waals surface area contributed by atoms with Crippen LogP contribution < -0.4 is 11.5 Å². The Kier molecular flexibility index (Phi) is 4.99. The van der Waals surface area contributed by atoms with Crippen molar-refractivity contribution in [2.24, 2.45) is 11.5 Å². The fourth-order valence-electron chi connectivity index (χ4n) is 0.261. The van der Waals surface area contributed by atoms with Gasteiger partial charge in [0, 0.05) is 0 Å². The molecule has 4 atom stereocenters. The molecule has 0 aromatic heterocycles. The SMILES string of the molecule is [B]C(N)(O)C([B])(O)SSC([B])(O)C([B])(N)O. The molecule has 0 saturated heterocycles. The molecule has 0 aliphatic rings. The summed E-state index contributed by atoms with van der Waals surface area (Å²) in [6, 6.07) is 0. The number of hydrogen-bond donors (Lipinski definition) is 6. The fourth-order valence-corrected chi connectivity index (χ4v) is 2.34. The van der Waals surface area contributed by atoms with Crippen LogP contribution in [0.15, 0.2) is 0 Å². The van der Waals surface area contributed by atoms with E-state index in [9.17, 15) is 10.2 Å². The van der Waals surface area contributed by atoms with E-state index < -0.39 is 20.9 Å². The molecule has 0 bridgehead atoms. The van der Waals surface area contributed by atoms with E-state index in [4.69, 9.17) is 53.1 Å². The maximum absolute atomic E-state index is 9.37. The number of rotatable bonds is 5. The second-order valence-electron chi connectivity index (χ2n) is 3.21. The first-order valence-corrected chi connectivity index (χ1v) is 5.85. The van der Waals surface area contributed by atoms with Gasteiger partial charge in [-0.25, -0.2) is 0 Å². The van der Waals surface area contributed by atoms with Crippen LogP contribution in [0.3, 0.4) is 0 Å². The van der Waals surface area contributed by atoms with Crippen molar-refractivity contribution in [3.05, 3.63) is 0 Å². The summed E-state index contributed by atoms with van der Waals surface area (Å²) >= 11 is 0. The smallest absolute Gasteiger partial charge is 0.139 e. The Labute approximate surface area is 106 Å². The molecule has 12 heteroatoms. The molecular weight excluding hydrogens is 247 g/mol. The summed E-state index contributed by atoms with van der Waals surface area (Å²) in [7, 11) is 20.4. The Bertz CT molecular complexity index is 227. The van der Waals surface area contributed by atoms with Crippen molar-refractivity contribution in [1.29, 1.82) is 0 Å². The first-order valence-electron chi connectivity index (χ1n) is 3.70. The van der Waals surface area contributed by atoms with Gasteiger partial charge in [0.2, 0.25) is 0 Å². The van der Waals surface area contributed by atoms with Crippen molar-refractivity contribution in [2.75, 3.05) is 0 Å². The van der Waals surface area contributed by atoms with Gasteiger partial charge >= 0.3 is 0 Å². The molecule has 0 rings (SSSR count). The highest BCUT2D eigenvalue weighted by Gasteiger charge is 2.44. The monoisotopic (exact) mass is 256 g/mol. The van der Waals surface area contributed by atoms with Crippen molar-refractivity contribution >= 4 is 53.0 Å². The first-order chi connectivity index (χ1) is 6.71. The van der Waals surface area contributed by atoms with Crippen LogP contribution in [-0.4, -0.2) is 72.7 Å². The van der Waals surface area contributed by atoms with E-state index in [1.54, 1.807) is 0 Å². The fraction of sp³-hybridized carbons (Fsp3) is 1.00. The molecule has 0 fully saturated rings. The molecule has 16 heavy (non-hydrogen) atoms.